The van der Waals surface area contributed by atoms with Crippen molar-refractivity contribution in [2.75, 3.05) is 31.1 Å². The van der Waals surface area contributed by atoms with E-state index in [1.54, 1.807) is 6.33 Å². The van der Waals surface area contributed by atoms with Crippen LogP contribution in [0.1, 0.15) is 40.9 Å². The van der Waals surface area contributed by atoms with Crippen LogP contribution in [0, 0.1) is 5.92 Å². The van der Waals surface area contributed by atoms with Gasteiger partial charge in [0.05, 0.1) is 18.3 Å². The Balaban J connectivity index is 1.20. The van der Waals surface area contributed by atoms with E-state index < -0.39 is 0 Å². The molecule has 0 N–H and O–H groups in total. The molecule has 174 valence electrons. The molecular formula is C28H30N4O2. The Morgan fingerprint density at radius 1 is 0.941 bits per heavy atom. The first-order valence-electron chi connectivity index (χ1n) is 12.4. The van der Waals surface area contributed by atoms with Gasteiger partial charge in [0, 0.05) is 49.7 Å². The number of nitrogens with zero attached hydrogens (tertiary/aromatic N) is 4. The van der Waals surface area contributed by atoms with E-state index in [1.807, 2.05) is 47.4 Å². The van der Waals surface area contributed by atoms with Crippen molar-refractivity contribution in [2.24, 2.45) is 5.92 Å². The third-order valence-corrected chi connectivity index (χ3v) is 7.52. The molecule has 0 spiro atoms. The molecule has 6 heteroatoms. The lowest BCUT2D eigenvalue weighted by molar-refractivity contribution is -0.0358. The van der Waals surface area contributed by atoms with Gasteiger partial charge in [-0.05, 0) is 42.5 Å². The van der Waals surface area contributed by atoms with Crippen LogP contribution >= 0.6 is 0 Å². The molecule has 0 bridgehead atoms. The van der Waals surface area contributed by atoms with Gasteiger partial charge in [0.2, 0.25) is 0 Å². The van der Waals surface area contributed by atoms with Gasteiger partial charge in [0.15, 0.2) is 0 Å². The van der Waals surface area contributed by atoms with Crippen LogP contribution in [0.5, 0.6) is 0 Å². The summed E-state index contributed by atoms with van der Waals surface area (Å²) in [5, 5.41) is 0. The molecule has 6 nitrogen and oxygen atoms in total. The van der Waals surface area contributed by atoms with E-state index in [4.69, 9.17) is 9.72 Å². The van der Waals surface area contributed by atoms with Crippen LogP contribution in [0.3, 0.4) is 0 Å². The maximum atomic E-state index is 13.4. The van der Waals surface area contributed by atoms with Gasteiger partial charge in [-0.2, -0.15) is 0 Å². The molecule has 0 radical (unpaired) electrons. The van der Waals surface area contributed by atoms with Crippen LogP contribution in [0.15, 0.2) is 60.9 Å². The molecule has 2 fully saturated rings. The molecule has 2 unspecified atom stereocenters. The van der Waals surface area contributed by atoms with Crippen molar-refractivity contribution in [1.29, 1.82) is 0 Å². The number of carbonyl (C=O) groups excluding carboxylic acids is 1. The van der Waals surface area contributed by atoms with E-state index in [-0.39, 0.29) is 5.91 Å². The average Bonchev–Trinajstić information content (AvgIpc) is 2.92. The lowest BCUT2D eigenvalue weighted by atomic mass is 9.88. The number of piperidine rings is 1. The number of fused-ring (bicyclic) bond motifs is 2. The molecule has 3 aliphatic rings. The predicted octanol–water partition coefficient (Wildman–Crippen LogP) is 4.35. The van der Waals surface area contributed by atoms with Crippen LogP contribution in [0.4, 0.5) is 5.82 Å². The number of anilines is 1. The molecule has 4 heterocycles. The molecule has 2 saturated heterocycles. The zero-order valence-corrected chi connectivity index (χ0v) is 19.4. The van der Waals surface area contributed by atoms with Crippen molar-refractivity contribution in [3.8, 4) is 11.1 Å². The topological polar surface area (TPSA) is 58.6 Å². The van der Waals surface area contributed by atoms with E-state index >= 15 is 0 Å². The molecule has 1 aromatic heterocycles. The second-order valence-corrected chi connectivity index (χ2v) is 9.59. The molecule has 0 saturated carbocycles. The van der Waals surface area contributed by atoms with Gasteiger partial charge in [0.25, 0.3) is 5.91 Å². The number of aromatic nitrogens is 2. The van der Waals surface area contributed by atoms with Gasteiger partial charge in [-0.15, -0.1) is 0 Å². The Labute approximate surface area is 200 Å². The summed E-state index contributed by atoms with van der Waals surface area (Å²) in [6.45, 7) is 4.06. The Kier molecular flexibility index (Phi) is 5.75. The molecule has 3 aliphatic heterocycles. The Bertz CT molecular complexity index is 1160. The van der Waals surface area contributed by atoms with Crippen LogP contribution in [-0.2, 0) is 17.7 Å². The Morgan fingerprint density at radius 3 is 2.62 bits per heavy atom. The minimum atomic E-state index is 0.0689. The molecule has 3 aromatic rings. The maximum Gasteiger partial charge on any atom is 0.254 e. The number of ether oxygens (including phenoxy) is 1. The fraction of sp³-hybridized carbons (Fsp3) is 0.393. The third kappa shape index (κ3) is 4.07. The SMILES string of the molecule is O=C(c1ccc(-c2ccccc2)cc1)N1CCc2ncnc(N3CCC4OCCCC4C3)c2C1. The maximum absolute atomic E-state index is 13.4. The summed E-state index contributed by atoms with van der Waals surface area (Å²) in [4.78, 5) is 27.0. The van der Waals surface area contributed by atoms with Gasteiger partial charge in [-0.3, -0.25) is 4.79 Å². The third-order valence-electron chi connectivity index (χ3n) is 7.52. The second-order valence-electron chi connectivity index (χ2n) is 9.59. The van der Waals surface area contributed by atoms with Crippen molar-refractivity contribution >= 4 is 11.7 Å². The van der Waals surface area contributed by atoms with E-state index in [2.05, 4.69) is 22.0 Å². The van der Waals surface area contributed by atoms with Crippen LogP contribution in [-0.4, -0.2) is 53.1 Å². The summed E-state index contributed by atoms with van der Waals surface area (Å²) in [5.41, 5.74) is 5.18. The second kappa shape index (κ2) is 9.18. The minimum absolute atomic E-state index is 0.0689. The minimum Gasteiger partial charge on any atom is -0.378 e. The highest BCUT2D eigenvalue weighted by molar-refractivity contribution is 5.95. The number of benzene rings is 2. The van der Waals surface area contributed by atoms with Crippen molar-refractivity contribution in [1.82, 2.24) is 14.9 Å². The van der Waals surface area contributed by atoms with Gasteiger partial charge in [-0.1, -0.05) is 42.5 Å². The lowest BCUT2D eigenvalue weighted by Gasteiger charge is -2.42. The van der Waals surface area contributed by atoms with E-state index in [9.17, 15) is 4.79 Å². The number of carbonyl (C=O) groups is 1. The lowest BCUT2D eigenvalue weighted by Crippen LogP contribution is -2.47. The van der Waals surface area contributed by atoms with Gasteiger partial charge in [-0.25, -0.2) is 9.97 Å². The first-order valence-corrected chi connectivity index (χ1v) is 12.4. The highest BCUT2D eigenvalue weighted by Crippen LogP contribution is 2.33. The summed E-state index contributed by atoms with van der Waals surface area (Å²) in [7, 11) is 0. The molecule has 0 aliphatic carbocycles. The first-order chi connectivity index (χ1) is 16.8. The predicted molar refractivity (Wildman–Crippen MR) is 132 cm³/mol. The fourth-order valence-electron chi connectivity index (χ4n) is 5.67. The largest absolute Gasteiger partial charge is 0.378 e. The molecule has 1 amide bonds. The quantitative estimate of drug-likeness (QED) is 0.589. The van der Waals surface area contributed by atoms with Crippen molar-refractivity contribution in [2.45, 2.75) is 38.3 Å². The van der Waals surface area contributed by atoms with Crippen LogP contribution in [0.25, 0.3) is 11.1 Å². The first kappa shape index (κ1) is 21.3. The van der Waals surface area contributed by atoms with Crippen molar-refractivity contribution < 1.29 is 9.53 Å². The molecule has 2 aromatic carbocycles. The van der Waals surface area contributed by atoms with E-state index in [0.717, 1.165) is 72.7 Å². The van der Waals surface area contributed by atoms with Gasteiger partial charge >= 0.3 is 0 Å². The summed E-state index contributed by atoms with van der Waals surface area (Å²) in [6, 6.07) is 18.2. The molecule has 6 rings (SSSR count). The van der Waals surface area contributed by atoms with Crippen molar-refractivity contribution in [3.63, 3.8) is 0 Å². The number of hydrogen-bond acceptors (Lipinski definition) is 5. The zero-order chi connectivity index (χ0) is 22.9. The van der Waals surface area contributed by atoms with E-state index in [0.29, 0.717) is 25.1 Å². The van der Waals surface area contributed by atoms with Crippen LogP contribution in [0.2, 0.25) is 0 Å². The molecule has 2 atom stereocenters. The van der Waals surface area contributed by atoms with E-state index in [1.165, 1.54) is 6.42 Å². The summed E-state index contributed by atoms with van der Waals surface area (Å²) in [5.74, 6) is 1.64. The molecule has 34 heavy (non-hydrogen) atoms. The number of amides is 1. The average molecular weight is 455 g/mol. The zero-order valence-electron chi connectivity index (χ0n) is 19.4. The highest BCUT2D eigenvalue weighted by atomic mass is 16.5. The normalized spacial score (nSPS) is 22.1. The number of rotatable bonds is 3. The smallest absolute Gasteiger partial charge is 0.254 e. The van der Waals surface area contributed by atoms with Gasteiger partial charge in [0.1, 0.15) is 12.1 Å². The highest BCUT2D eigenvalue weighted by Gasteiger charge is 2.34. The van der Waals surface area contributed by atoms with Gasteiger partial charge < -0.3 is 14.5 Å². The Morgan fingerprint density at radius 2 is 1.76 bits per heavy atom. The standard InChI is InChI=1S/C28H30N4O2/c33-28(22-10-8-21(9-11-22)20-5-2-1-3-6-20)32-14-12-25-24(18-32)27(30-19-29-25)31-15-13-26-23(17-31)7-4-16-34-26/h1-3,5-6,8-11,19,23,26H,4,7,12-18H2. The van der Waals surface area contributed by atoms with Crippen LogP contribution < -0.4 is 4.90 Å². The monoisotopic (exact) mass is 454 g/mol. The summed E-state index contributed by atoms with van der Waals surface area (Å²) < 4.78 is 6.00. The number of hydrogen-bond donors (Lipinski definition) is 0. The Hall–Kier alpha value is -3.25. The van der Waals surface area contributed by atoms with Crippen molar-refractivity contribution in [3.05, 3.63) is 77.7 Å². The molecular weight excluding hydrogens is 424 g/mol. The summed E-state index contributed by atoms with van der Waals surface area (Å²) >= 11 is 0. The summed E-state index contributed by atoms with van der Waals surface area (Å²) in [6.07, 6.45) is 6.25. The fourth-order valence-corrected chi connectivity index (χ4v) is 5.67.